The maximum absolute atomic E-state index is 12.9. The third kappa shape index (κ3) is 5.08. The predicted octanol–water partition coefficient (Wildman–Crippen LogP) is 5.20. The van der Waals surface area contributed by atoms with E-state index in [9.17, 15) is 9.59 Å². The number of aromatic nitrogens is 2. The second kappa shape index (κ2) is 10.1. The molecule has 0 bridgehead atoms. The third-order valence-electron chi connectivity index (χ3n) is 6.48. The van der Waals surface area contributed by atoms with Crippen LogP contribution in [0.4, 0.5) is 0 Å². The Morgan fingerprint density at radius 2 is 1.91 bits per heavy atom. The standard InChI is InChI=1S/C27H26ClN3O2S/c28-20-9-6-17(7-10-20)14-15-29-24(32)13-12-23-30-26(33)25-21-11-8-19(18-4-2-1-3-5-18)16-22(21)34-27(25)31-23/h1-7,9-10,19H,8,11-16H2,(H,29,32)(H,30,31,33)/t19-/m0/s1. The summed E-state index contributed by atoms with van der Waals surface area (Å²) in [4.78, 5) is 34.9. The summed E-state index contributed by atoms with van der Waals surface area (Å²) in [6, 6.07) is 18.2. The van der Waals surface area contributed by atoms with Gasteiger partial charge in [-0.15, -0.1) is 11.3 Å². The van der Waals surface area contributed by atoms with Crippen LogP contribution in [0.5, 0.6) is 0 Å². The van der Waals surface area contributed by atoms with Crippen LogP contribution in [-0.4, -0.2) is 22.4 Å². The van der Waals surface area contributed by atoms with E-state index in [1.807, 2.05) is 30.3 Å². The minimum Gasteiger partial charge on any atom is -0.356 e. The van der Waals surface area contributed by atoms with Crippen LogP contribution in [0.3, 0.4) is 0 Å². The van der Waals surface area contributed by atoms with Crippen molar-refractivity contribution in [1.82, 2.24) is 15.3 Å². The summed E-state index contributed by atoms with van der Waals surface area (Å²) in [5, 5.41) is 4.38. The lowest BCUT2D eigenvalue weighted by Gasteiger charge is -2.22. The molecule has 1 aliphatic rings. The van der Waals surface area contributed by atoms with Gasteiger partial charge in [0.15, 0.2) is 0 Å². The van der Waals surface area contributed by atoms with E-state index in [0.29, 0.717) is 29.7 Å². The summed E-state index contributed by atoms with van der Waals surface area (Å²) in [6.07, 6.45) is 4.33. The fourth-order valence-corrected chi connectivity index (χ4v) is 6.12. The molecule has 7 heteroatoms. The van der Waals surface area contributed by atoms with E-state index in [0.717, 1.165) is 47.0 Å². The van der Waals surface area contributed by atoms with Gasteiger partial charge < -0.3 is 10.3 Å². The van der Waals surface area contributed by atoms with Gasteiger partial charge in [0.1, 0.15) is 10.7 Å². The van der Waals surface area contributed by atoms with Crippen molar-refractivity contribution >= 4 is 39.1 Å². The molecule has 5 rings (SSSR count). The number of H-pyrrole nitrogens is 1. The van der Waals surface area contributed by atoms with Crippen molar-refractivity contribution in [1.29, 1.82) is 0 Å². The number of nitrogens with zero attached hydrogens (tertiary/aromatic N) is 1. The highest BCUT2D eigenvalue weighted by Gasteiger charge is 2.26. The number of nitrogens with one attached hydrogen (secondary N) is 2. The molecular formula is C27H26ClN3O2S. The smallest absolute Gasteiger partial charge is 0.259 e. The number of halogens is 1. The van der Waals surface area contributed by atoms with E-state index in [1.54, 1.807) is 11.3 Å². The Kier molecular flexibility index (Phi) is 6.79. The molecule has 2 N–H and O–H groups in total. The molecule has 0 saturated carbocycles. The third-order valence-corrected chi connectivity index (χ3v) is 7.88. The number of aryl methyl sites for hydroxylation is 2. The second-order valence-corrected chi connectivity index (χ2v) is 10.3. The van der Waals surface area contributed by atoms with Gasteiger partial charge in [-0.2, -0.15) is 0 Å². The Bertz CT molecular complexity index is 1360. The van der Waals surface area contributed by atoms with Gasteiger partial charge in [0.25, 0.3) is 5.56 Å². The molecular weight excluding hydrogens is 466 g/mol. The van der Waals surface area contributed by atoms with Gasteiger partial charge >= 0.3 is 0 Å². The zero-order chi connectivity index (χ0) is 23.5. The first kappa shape index (κ1) is 22.8. The summed E-state index contributed by atoms with van der Waals surface area (Å²) >= 11 is 7.54. The van der Waals surface area contributed by atoms with Crippen molar-refractivity contribution < 1.29 is 4.79 Å². The zero-order valence-electron chi connectivity index (χ0n) is 18.8. The Hall–Kier alpha value is -2.96. The first-order chi connectivity index (χ1) is 16.6. The van der Waals surface area contributed by atoms with Crippen LogP contribution in [0.15, 0.2) is 59.4 Å². The lowest BCUT2D eigenvalue weighted by Crippen LogP contribution is -2.26. The molecule has 0 radical (unpaired) electrons. The molecule has 0 saturated heterocycles. The molecule has 4 aromatic rings. The molecule has 0 aliphatic heterocycles. The van der Waals surface area contributed by atoms with Gasteiger partial charge in [0, 0.05) is 29.3 Å². The van der Waals surface area contributed by atoms with Crippen molar-refractivity contribution in [3.63, 3.8) is 0 Å². The van der Waals surface area contributed by atoms with Gasteiger partial charge in [-0.3, -0.25) is 9.59 Å². The average Bonchev–Trinajstić information content (AvgIpc) is 3.22. The summed E-state index contributed by atoms with van der Waals surface area (Å²) < 4.78 is 0. The van der Waals surface area contributed by atoms with Crippen molar-refractivity contribution in [2.45, 2.75) is 44.4 Å². The summed E-state index contributed by atoms with van der Waals surface area (Å²) in [5.74, 6) is 1.01. The summed E-state index contributed by atoms with van der Waals surface area (Å²) in [7, 11) is 0. The first-order valence-corrected chi connectivity index (χ1v) is 12.9. The normalized spacial score (nSPS) is 15.3. The highest BCUT2D eigenvalue weighted by Crippen LogP contribution is 2.39. The van der Waals surface area contributed by atoms with Crippen molar-refractivity contribution in [2.24, 2.45) is 0 Å². The monoisotopic (exact) mass is 491 g/mol. The van der Waals surface area contributed by atoms with Gasteiger partial charge in [-0.25, -0.2) is 4.98 Å². The van der Waals surface area contributed by atoms with Gasteiger partial charge in [-0.05, 0) is 60.4 Å². The van der Waals surface area contributed by atoms with E-state index in [2.05, 4.69) is 34.6 Å². The summed E-state index contributed by atoms with van der Waals surface area (Å²) in [6.45, 7) is 0.559. The number of rotatable bonds is 7. The Morgan fingerprint density at radius 3 is 2.71 bits per heavy atom. The number of aromatic amines is 1. The number of carbonyl (C=O) groups is 1. The maximum atomic E-state index is 12.9. The first-order valence-electron chi connectivity index (χ1n) is 11.7. The fraction of sp³-hybridized carbons (Fsp3) is 0.296. The molecule has 34 heavy (non-hydrogen) atoms. The molecule has 0 unspecified atom stereocenters. The quantitative estimate of drug-likeness (QED) is 0.373. The number of amides is 1. The molecule has 0 fully saturated rings. The topological polar surface area (TPSA) is 74.8 Å². The van der Waals surface area contributed by atoms with Gasteiger partial charge in [-0.1, -0.05) is 54.1 Å². The van der Waals surface area contributed by atoms with E-state index < -0.39 is 0 Å². The van der Waals surface area contributed by atoms with E-state index in [4.69, 9.17) is 16.6 Å². The molecule has 5 nitrogen and oxygen atoms in total. The van der Waals surface area contributed by atoms with Crippen LogP contribution in [-0.2, 0) is 30.5 Å². The highest BCUT2D eigenvalue weighted by molar-refractivity contribution is 7.18. The minimum absolute atomic E-state index is 0.0483. The van der Waals surface area contributed by atoms with Crippen LogP contribution in [0.2, 0.25) is 5.02 Å². The van der Waals surface area contributed by atoms with Crippen LogP contribution < -0.4 is 10.9 Å². The number of fused-ring (bicyclic) bond motifs is 3. The molecule has 1 atom stereocenters. The van der Waals surface area contributed by atoms with E-state index in [-0.39, 0.29) is 17.9 Å². The molecule has 2 aromatic heterocycles. The van der Waals surface area contributed by atoms with Crippen molar-refractivity contribution in [3.8, 4) is 0 Å². The minimum atomic E-state index is -0.0844. The van der Waals surface area contributed by atoms with Crippen LogP contribution >= 0.6 is 22.9 Å². The lowest BCUT2D eigenvalue weighted by molar-refractivity contribution is -0.121. The van der Waals surface area contributed by atoms with Crippen molar-refractivity contribution in [3.05, 3.63) is 97.4 Å². The SMILES string of the molecule is O=C(CCc1nc2sc3c(c2c(=O)[nH]1)CC[C@H](c1ccccc1)C3)NCCc1ccc(Cl)cc1. The molecule has 2 aromatic carbocycles. The highest BCUT2D eigenvalue weighted by atomic mass is 35.5. The Morgan fingerprint density at radius 1 is 1.12 bits per heavy atom. The number of hydrogen-bond donors (Lipinski definition) is 2. The van der Waals surface area contributed by atoms with Gasteiger partial charge in [0.05, 0.1) is 5.39 Å². The van der Waals surface area contributed by atoms with E-state index in [1.165, 1.54) is 10.4 Å². The molecule has 174 valence electrons. The number of carbonyl (C=O) groups excluding carboxylic acids is 1. The Balaban J connectivity index is 1.21. The number of hydrogen-bond acceptors (Lipinski definition) is 4. The fourth-order valence-electron chi connectivity index (χ4n) is 4.67. The molecule has 2 heterocycles. The van der Waals surface area contributed by atoms with Crippen LogP contribution in [0.1, 0.15) is 46.2 Å². The molecule has 1 amide bonds. The maximum Gasteiger partial charge on any atom is 0.259 e. The zero-order valence-corrected chi connectivity index (χ0v) is 20.3. The van der Waals surface area contributed by atoms with E-state index >= 15 is 0 Å². The number of benzene rings is 2. The average molecular weight is 492 g/mol. The lowest BCUT2D eigenvalue weighted by atomic mass is 9.83. The van der Waals surface area contributed by atoms with Crippen LogP contribution in [0, 0.1) is 0 Å². The van der Waals surface area contributed by atoms with Gasteiger partial charge in [0.2, 0.25) is 5.91 Å². The summed E-state index contributed by atoms with van der Waals surface area (Å²) in [5.41, 5.74) is 3.55. The number of thiophene rings is 1. The largest absolute Gasteiger partial charge is 0.356 e. The second-order valence-electron chi connectivity index (χ2n) is 8.77. The molecule has 1 aliphatic carbocycles. The predicted molar refractivity (Wildman–Crippen MR) is 138 cm³/mol. The van der Waals surface area contributed by atoms with Crippen LogP contribution in [0.25, 0.3) is 10.2 Å². The Labute approximate surface area is 207 Å². The molecule has 0 spiro atoms. The van der Waals surface area contributed by atoms with Crippen molar-refractivity contribution in [2.75, 3.05) is 6.54 Å².